The summed E-state index contributed by atoms with van der Waals surface area (Å²) in [6.07, 6.45) is 6.93. The number of hydrogen-bond donors (Lipinski definition) is 2. The monoisotopic (exact) mass is 311 g/mol. The maximum Gasteiger partial charge on any atom is 0.129 e. The molecule has 1 aromatic carbocycles. The fourth-order valence-electron chi connectivity index (χ4n) is 2.74. The highest BCUT2D eigenvalue weighted by Gasteiger charge is 2.19. The summed E-state index contributed by atoms with van der Waals surface area (Å²) in [5, 5.41) is 13.1. The van der Waals surface area contributed by atoms with Crippen molar-refractivity contribution >= 4 is 15.9 Å². The first-order valence-electron chi connectivity index (χ1n) is 6.87. The molecule has 0 saturated heterocycles. The quantitative estimate of drug-likeness (QED) is 0.873. The van der Waals surface area contributed by atoms with E-state index in [9.17, 15) is 5.11 Å². The highest BCUT2D eigenvalue weighted by Crippen LogP contribution is 2.27. The number of aromatic hydroxyl groups is 1. The fourth-order valence-corrected chi connectivity index (χ4v) is 3.17. The molecule has 1 unspecified atom stereocenters. The summed E-state index contributed by atoms with van der Waals surface area (Å²) in [5.41, 5.74) is 1.21. The molecule has 2 N–H and O–H groups in total. The van der Waals surface area contributed by atoms with E-state index in [0.29, 0.717) is 11.8 Å². The molecule has 0 radical (unpaired) electrons. The normalized spacial score (nSPS) is 18.8. The summed E-state index contributed by atoms with van der Waals surface area (Å²) < 4.78 is 0.770. The zero-order chi connectivity index (χ0) is 13.0. The molecule has 1 aliphatic rings. The first-order chi connectivity index (χ1) is 8.66. The van der Waals surface area contributed by atoms with E-state index in [1.54, 1.807) is 6.07 Å². The molecule has 0 bridgehead atoms. The van der Waals surface area contributed by atoms with Gasteiger partial charge in [0.1, 0.15) is 5.75 Å². The molecular formula is C15H22BrNO. The predicted molar refractivity (Wildman–Crippen MR) is 78.7 cm³/mol. The first-order valence-corrected chi connectivity index (χ1v) is 7.67. The van der Waals surface area contributed by atoms with E-state index in [4.69, 9.17) is 0 Å². The molecule has 2 nitrogen and oxygen atoms in total. The number of rotatable bonds is 4. The van der Waals surface area contributed by atoms with E-state index < -0.39 is 0 Å². The summed E-state index contributed by atoms with van der Waals surface area (Å²) in [4.78, 5) is 0. The smallest absolute Gasteiger partial charge is 0.129 e. The van der Waals surface area contributed by atoms with Gasteiger partial charge in [-0.3, -0.25) is 0 Å². The lowest BCUT2D eigenvalue weighted by molar-refractivity contribution is 0.280. The molecule has 0 spiro atoms. The second kappa shape index (κ2) is 6.58. The molecular weight excluding hydrogens is 290 g/mol. The highest BCUT2D eigenvalue weighted by atomic mass is 79.9. The number of halogens is 1. The molecule has 0 aliphatic heterocycles. The summed E-state index contributed by atoms with van der Waals surface area (Å²) in [6.45, 7) is 3.17. The highest BCUT2D eigenvalue weighted by molar-refractivity contribution is 9.10. The zero-order valence-corrected chi connectivity index (χ0v) is 12.5. The topological polar surface area (TPSA) is 32.3 Å². The second-order valence-electron chi connectivity index (χ2n) is 5.35. The van der Waals surface area contributed by atoms with Gasteiger partial charge < -0.3 is 10.4 Å². The first kappa shape index (κ1) is 13.9. The van der Waals surface area contributed by atoms with Crippen molar-refractivity contribution in [2.24, 2.45) is 5.92 Å². The Hall–Kier alpha value is -0.540. The minimum absolute atomic E-state index is 0.305. The van der Waals surface area contributed by atoms with E-state index >= 15 is 0 Å². The van der Waals surface area contributed by atoms with Gasteiger partial charge in [-0.1, -0.05) is 25.3 Å². The molecule has 1 saturated carbocycles. The standard InChI is InChI=1S/C15H22BrNO/c1-11(13-5-3-2-4-6-13)17-10-12-7-8-15(18)14(16)9-12/h7-9,11,13,17-18H,2-6,10H2,1H3. The van der Waals surface area contributed by atoms with Crippen LogP contribution < -0.4 is 5.32 Å². The van der Waals surface area contributed by atoms with Crippen LogP contribution in [0.2, 0.25) is 0 Å². The van der Waals surface area contributed by atoms with Gasteiger partial charge in [-0.2, -0.15) is 0 Å². The van der Waals surface area contributed by atoms with Crippen LogP contribution in [0.1, 0.15) is 44.6 Å². The molecule has 1 aromatic rings. The number of phenols is 1. The minimum atomic E-state index is 0.305. The summed E-state index contributed by atoms with van der Waals surface area (Å²) in [7, 11) is 0. The maximum atomic E-state index is 9.46. The van der Waals surface area contributed by atoms with E-state index in [-0.39, 0.29) is 0 Å². The maximum absolute atomic E-state index is 9.46. The molecule has 1 aliphatic carbocycles. The van der Waals surface area contributed by atoms with Gasteiger partial charge in [-0.05, 0) is 59.3 Å². The Bertz CT molecular complexity index is 388. The van der Waals surface area contributed by atoms with E-state index in [1.165, 1.54) is 37.7 Å². The molecule has 1 atom stereocenters. The SMILES string of the molecule is CC(NCc1ccc(O)c(Br)c1)C1CCCCC1. The van der Waals surface area contributed by atoms with Crippen molar-refractivity contribution in [1.29, 1.82) is 0 Å². The Balaban J connectivity index is 1.84. The Labute approximate surface area is 118 Å². The molecule has 0 amide bonds. The van der Waals surface area contributed by atoms with Crippen LogP contribution in [0.15, 0.2) is 22.7 Å². The van der Waals surface area contributed by atoms with Crippen LogP contribution in [0.25, 0.3) is 0 Å². The molecule has 1 fully saturated rings. The van der Waals surface area contributed by atoms with Crippen LogP contribution in [-0.4, -0.2) is 11.1 Å². The van der Waals surface area contributed by atoms with E-state index in [0.717, 1.165) is 16.9 Å². The number of hydrogen-bond acceptors (Lipinski definition) is 2. The number of benzene rings is 1. The molecule has 0 heterocycles. The van der Waals surface area contributed by atoms with Crippen molar-refractivity contribution in [3.05, 3.63) is 28.2 Å². The number of nitrogens with one attached hydrogen (secondary N) is 1. The second-order valence-corrected chi connectivity index (χ2v) is 6.21. The van der Waals surface area contributed by atoms with E-state index in [2.05, 4.69) is 28.2 Å². The van der Waals surface area contributed by atoms with Crippen molar-refractivity contribution in [1.82, 2.24) is 5.32 Å². The molecule has 2 rings (SSSR count). The lowest BCUT2D eigenvalue weighted by Crippen LogP contribution is -2.34. The van der Waals surface area contributed by atoms with Crippen LogP contribution in [0.3, 0.4) is 0 Å². The van der Waals surface area contributed by atoms with Gasteiger partial charge in [0.05, 0.1) is 4.47 Å². The van der Waals surface area contributed by atoms with Crippen LogP contribution in [0, 0.1) is 5.92 Å². The lowest BCUT2D eigenvalue weighted by atomic mass is 9.84. The largest absolute Gasteiger partial charge is 0.507 e. The fraction of sp³-hybridized carbons (Fsp3) is 0.600. The van der Waals surface area contributed by atoms with Crippen molar-refractivity contribution in [2.45, 2.75) is 51.6 Å². The van der Waals surface area contributed by atoms with Gasteiger partial charge in [0.25, 0.3) is 0 Å². The molecule has 0 aromatic heterocycles. The van der Waals surface area contributed by atoms with Crippen LogP contribution >= 0.6 is 15.9 Å². The Kier molecular flexibility index (Phi) is 5.07. The van der Waals surface area contributed by atoms with Gasteiger partial charge in [0.15, 0.2) is 0 Å². The van der Waals surface area contributed by atoms with Crippen molar-refractivity contribution in [2.75, 3.05) is 0 Å². The third kappa shape index (κ3) is 3.72. The lowest BCUT2D eigenvalue weighted by Gasteiger charge is -2.28. The average Bonchev–Trinajstić information content (AvgIpc) is 2.41. The summed E-state index contributed by atoms with van der Waals surface area (Å²) in [5.74, 6) is 1.14. The van der Waals surface area contributed by atoms with Gasteiger partial charge >= 0.3 is 0 Å². The predicted octanol–water partition coefficient (Wildman–Crippen LogP) is 4.21. The third-order valence-electron chi connectivity index (χ3n) is 4.00. The molecule has 100 valence electrons. The minimum Gasteiger partial charge on any atom is -0.507 e. The summed E-state index contributed by atoms with van der Waals surface area (Å²) >= 11 is 3.35. The third-order valence-corrected chi connectivity index (χ3v) is 4.63. The van der Waals surface area contributed by atoms with Gasteiger partial charge in [0.2, 0.25) is 0 Å². The van der Waals surface area contributed by atoms with Gasteiger partial charge in [-0.15, -0.1) is 0 Å². The Morgan fingerprint density at radius 1 is 1.33 bits per heavy atom. The Morgan fingerprint density at radius 2 is 2.06 bits per heavy atom. The van der Waals surface area contributed by atoms with E-state index in [1.807, 2.05) is 12.1 Å². The van der Waals surface area contributed by atoms with Crippen LogP contribution in [0.4, 0.5) is 0 Å². The van der Waals surface area contributed by atoms with Gasteiger partial charge in [0, 0.05) is 12.6 Å². The number of phenolic OH excluding ortho intramolecular Hbond substituents is 1. The van der Waals surface area contributed by atoms with Gasteiger partial charge in [-0.25, -0.2) is 0 Å². The van der Waals surface area contributed by atoms with Crippen molar-refractivity contribution < 1.29 is 5.11 Å². The summed E-state index contributed by atoms with van der Waals surface area (Å²) in [6, 6.07) is 6.28. The molecule has 3 heteroatoms. The van der Waals surface area contributed by atoms with Crippen molar-refractivity contribution in [3.63, 3.8) is 0 Å². The van der Waals surface area contributed by atoms with Crippen LogP contribution in [0.5, 0.6) is 5.75 Å². The Morgan fingerprint density at radius 3 is 2.72 bits per heavy atom. The zero-order valence-electron chi connectivity index (χ0n) is 11.0. The van der Waals surface area contributed by atoms with Crippen LogP contribution in [-0.2, 0) is 6.54 Å². The average molecular weight is 312 g/mol. The van der Waals surface area contributed by atoms with Crippen molar-refractivity contribution in [3.8, 4) is 5.75 Å². The molecule has 18 heavy (non-hydrogen) atoms.